The summed E-state index contributed by atoms with van der Waals surface area (Å²) in [5, 5.41) is 0. The van der Waals surface area contributed by atoms with Crippen LogP contribution in [-0.2, 0) is 9.53 Å². The number of ether oxygens (including phenoxy) is 2. The molecule has 0 heterocycles. The molecule has 5 rings (SSSR count). The Kier molecular flexibility index (Phi) is 11.9. The lowest BCUT2D eigenvalue weighted by molar-refractivity contribution is -0.151. The highest BCUT2D eigenvalue weighted by atomic mass is 127. The maximum atomic E-state index is 12.8. The summed E-state index contributed by atoms with van der Waals surface area (Å²) in [7, 11) is 0. The molecule has 0 spiro atoms. The van der Waals surface area contributed by atoms with Crippen LogP contribution in [0.2, 0.25) is 0 Å². The zero-order valence-corrected chi connectivity index (χ0v) is 33.5. The number of halogens is 3. The molecule has 0 saturated heterocycles. The van der Waals surface area contributed by atoms with Crippen LogP contribution in [0.4, 0.5) is 0 Å². The van der Waals surface area contributed by atoms with Gasteiger partial charge < -0.3 is 9.47 Å². The predicted octanol–water partition coefficient (Wildman–Crippen LogP) is 11.6. The standard InChI is InChI=1S/C37H53I3O3/c1-23(2)8-6-9-24(3)29-13-14-30-28-12-11-25-20-27(15-17-36(25,4)31(28)16-18-37(29,30)5)43-34(41)10-7-19-42-35-32(39)21-26(38)22-33(35)40/h11,21-24,27-31H,6-10,12-20H2,1-5H3/t24-,27+,28+,29-,30+,31+,36+,37-/m1/s1. The third-order valence-corrected chi connectivity index (χ3v) is 14.5. The number of allylic oxidation sites excluding steroid dienone is 1. The van der Waals surface area contributed by atoms with Gasteiger partial charge >= 0.3 is 5.97 Å². The number of carbonyl (C=O) groups is 1. The molecule has 1 aromatic carbocycles. The Balaban J connectivity index is 1.13. The molecule has 0 bridgehead atoms. The number of hydrogen-bond donors (Lipinski definition) is 0. The fraction of sp³-hybridized carbons (Fsp3) is 0.757. The number of esters is 1. The smallest absolute Gasteiger partial charge is 0.306 e. The second kappa shape index (κ2) is 14.7. The largest absolute Gasteiger partial charge is 0.491 e. The van der Waals surface area contributed by atoms with Crippen LogP contribution in [-0.4, -0.2) is 18.7 Å². The maximum Gasteiger partial charge on any atom is 0.306 e. The summed E-state index contributed by atoms with van der Waals surface area (Å²) >= 11 is 6.98. The van der Waals surface area contributed by atoms with Gasteiger partial charge in [0.25, 0.3) is 0 Å². The molecule has 3 saturated carbocycles. The van der Waals surface area contributed by atoms with E-state index < -0.39 is 0 Å². The highest BCUT2D eigenvalue weighted by Gasteiger charge is 2.59. The van der Waals surface area contributed by atoms with Gasteiger partial charge in [-0.05, 0) is 178 Å². The zero-order chi connectivity index (χ0) is 30.9. The van der Waals surface area contributed by atoms with Crippen LogP contribution in [0, 0.1) is 57.0 Å². The van der Waals surface area contributed by atoms with Crippen LogP contribution >= 0.6 is 67.8 Å². The van der Waals surface area contributed by atoms with Crippen molar-refractivity contribution in [2.75, 3.05) is 6.61 Å². The lowest BCUT2D eigenvalue weighted by Crippen LogP contribution is -2.51. The van der Waals surface area contributed by atoms with E-state index in [4.69, 9.17) is 9.47 Å². The molecule has 6 heteroatoms. The molecule has 43 heavy (non-hydrogen) atoms. The zero-order valence-electron chi connectivity index (χ0n) is 27.0. The molecule has 3 nitrogen and oxygen atoms in total. The third-order valence-electron chi connectivity index (χ3n) is 12.3. The van der Waals surface area contributed by atoms with E-state index in [9.17, 15) is 4.79 Å². The quantitative estimate of drug-likeness (QED) is 0.0960. The molecule has 4 aliphatic rings. The van der Waals surface area contributed by atoms with E-state index in [0.29, 0.717) is 30.3 Å². The Morgan fingerprint density at radius 1 is 0.953 bits per heavy atom. The number of carbonyl (C=O) groups excluding carboxylic acids is 1. The van der Waals surface area contributed by atoms with Crippen molar-refractivity contribution in [2.24, 2.45) is 46.3 Å². The van der Waals surface area contributed by atoms with Crippen molar-refractivity contribution in [3.05, 3.63) is 34.5 Å². The Morgan fingerprint density at radius 3 is 2.42 bits per heavy atom. The summed E-state index contributed by atoms with van der Waals surface area (Å²) in [4.78, 5) is 12.8. The van der Waals surface area contributed by atoms with Gasteiger partial charge in [0.1, 0.15) is 11.9 Å². The predicted molar refractivity (Wildman–Crippen MR) is 202 cm³/mol. The Bertz CT molecular complexity index is 1160. The molecule has 3 fully saturated rings. The van der Waals surface area contributed by atoms with Crippen LogP contribution in [0.3, 0.4) is 0 Å². The van der Waals surface area contributed by atoms with Gasteiger partial charge in [-0.25, -0.2) is 0 Å². The summed E-state index contributed by atoms with van der Waals surface area (Å²) < 4.78 is 15.6. The molecule has 0 aliphatic heterocycles. The van der Waals surface area contributed by atoms with Crippen molar-refractivity contribution < 1.29 is 14.3 Å². The average molecular weight is 927 g/mol. The Labute approximate surface area is 302 Å². The van der Waals surface area contributed by atoms with Crippen LogP contribution in [0.5, 0.6) is 5.75 Å². The average Bonchev–Trinajstić information content (AvgIpc) is 3.29. The molecule has 0 radical (unpaired) electrons. The highest BCUT2D eigenvalue weighted by Crippen LogP contribution is 2.67. The summed E-state index contributed by atoms with van der Waals surface area (Å²) in [6, 6.07) is 4.25. The second-order valence-electron chi connectivity index (χ2n) is 15.3. The van der Waals surface area contributed by atoms with E-state index in [0.717, 1.165) is 61.2 Å². The molecule has 240 valence electrons. The van der Waals surface area contributed by atoms with Crippen LogP contribution in [0.25, 0.3) is 0 Å². The van der Waals surface area contributed by atoms with Gasteiger partial charge in [0.2, 0.25) is 0 Å². The first-order valence-corrected chi connectivity index (χ1v) is 20.3. The van der Waals surface area contributed by atoms with E-state index in [1.807, 2.05) is 0 Å². The molecule has 0 amide bonds. The third kappa shape index (κ3) is 7.61. The van der Waals surface area contributed by atoms with Gasteiger partial charge in [-0.3, -0.25) is 4.79 Å². The number of hydrogen-bond acceptors (Lipinski definition) is 3. The lowest BCUT2D eigenvalue weighted by atomic mass is 9.47. The van der Waals surface area contributed by atoms with Crippen molar-refractivity contribution in [2.45, 2.75) is 124 Å². The van der Waals surface area contributed by atoms with Gasteiger partial charge in [0, 0.05) is 16.4 Å². The van der Waals surface area contributed by atoms with Crippen molar-refractivity contribution in [3.63, 3.8) is 0 Å². The van der Waals surface area contributed by atoms with Gasteiger partial charge in [-0.15, -0.1) is 0 Å². The van der Waals surface area contributed by atoms with E-state index in [-0.39, 0.29) is 12.1 Å². The van der Waals surface area contributed by atoms with Crippen LogP contribution < -0.4 is 4.74 Å². The molecule has 0 N–H and O–H groups in total. The fourth-order valence-corrected chi connectivity index (χ4v) is 13.9. The SMILES string of the molecule is CC(C)CCC[C@@H](C)[C@H]1CC[C@H]2[C@@H]3CC=C4C[C@@H](OC(=O)CCCOc5c(I)cc(I)cc5I)CC[C@]4(C)[C@H]3CC[C@]12C. The van der Waals surface area contributed by atoms with Crippen LogP contribution in [0.1, 0.15) is 118 Å². The summed E-state index contributed by atoms with van der Waals surface area (Å²) in [6.07, 6.45) is 18.0. The van der Waals surface area contributed by atoms with Gasteiger partial charge in [0.05, 0.1) is 13.7 Å². The summed E-state index contributed by atoms with van der Waals surface area (Å²) in [6.45, 7) is 13.1. The topological polar surface area (TPSA) is 35.5 Å². The van der Waals surface area contributed by atoms with Crippen molar-refractivity contribution in [1.29, 1.82) is 0 Å². The minimum atomic E-state index is -0.0635. The second-order valence-corrected chi connectivity index (χ2v) is 18.9. The van der Waals surface area contributed by atoms with Gasteiger partial charge in [-0.1, -0.05) is 65.5 Å². The van der Waals surface area contributed by atoms with E-state index in [2.05, 4.69) is 121 Å². The minimum Gasteiger partial charge on any atom is -0.491 e. The number of benzene rings is 1. The van der Waals surface area contributed by atoms with Crippen LogP contribution in [0.15, 0.2) is 23.8 Å². The van der Waals surface area contributed by atoms with Crippen molar-refractivity contribution >= 4 is 73.7 Å². The Morgan fingerprint density at radius 2 is 1.70 bits per heavy atom. The molecule has 1 aromatic rings. The van der Waals surface area contributed by atoms with E-state index in [1.165, 1.54) is 61.4 Å². The molecule has 4 aliphatic carbocycles. The van der Waals surface area contributed by atoms with Gasteiger partial charge in [-0.2, -0.15) is 0 Å². The lowest BCUT2D eigenvalue weighted by Gasteiger charge is -2.58. The first-order chi connectivity index (χ1) is 20.4. The summed E-state index contributed by atoms with van der Waals surface area (Å²) in [5.74, 6) is 6.01. The maximum absolute atomic E-state index is 12.8. The molecule has 0 aromatic heterocycles. The Hall–Kier alpha value is 0.420. The van der Waals surface area contributed by atoms with E-state index in [1.54, 1.807) is 5.57 Å². The fourth-order valence-electron chi connectivity index (χ4n) is 10.1. The number of fused-ring (bicyclic) bond motifs is 5. The van der Waals surface area contributed by atoms with Crippen molar-refractivity contribution in [3.8, 4) is 5.75 Å². The summed E-state index contributed by atoms with van der Waals surface area (Å²) in [5.41, 5.74) is 2.43. The molecule has 0 unspecified atom stereocenters. The minimum absolute atomic E-state index is 0.0406. The number of rotatable bonds is 11. The van der Waals surface area contributed by atoms with E-state index >= 15 is 0 Å². The van der Waals surface area contributed by atoms with Gasteiger partial charge in [0.15, 0.2) is 0 Å². The normalized spacial score (nSPS) is 34.2. The first kappa shape index (κ1) is 34.7. The molecule has 8 atom stereocenters. The first-order valence-electron chi connectivity index (χ1n) is 17.1. The molecular weight excluding hydrogens is 873 g/mol. The monoisotopic (exact) mass is 926 g/mol. The van der Waals surface area contributed by atoms with Crippen molar-refractivity contribution in [1.82, 2.24) is 0 Å². The highest BCUT2D eigenvalue weighted by molar-refractivity contribution is 14.1. The molecular formula is C37H53I3O3.